The molecule has 0 atom stereocenters. The van der Waals surface area contributed by atoms with Crippen LogP contribution in [0.2, 0.25) is 0 Å². The Labute approximate surface area is 146 Å². The van der Waals surface area contributed by atoms with Gasteiger partial charge >= 0.3 is 6.03 Å². The molecule has 0 unspecified atom stereocenters. The van der Waals surface area contributed by atoms with Crippen molar-refractivity contribution < 1.29 is 9.90 Å². The van der Waals surface area contributed by atoms with Gasteiger partial charge in [-0.1, -0.05) is 36.4 Å². The van der Waals surface area contributed by atoms with Crippen molar-refractivity contribution in [2.24, 2.45) is 0 Å². The number of anilines is 1. The highest BCUT2D eigenvalue weighted by Gasteiger charge is 2.17. The van der Waals surface area contributed by atoms with Crippen molar-refractivity contribution in [3.63, 3.8) is 0 Å². The number of fused-ring (bicyclic) bond motifs is 1. The van der Waals surface area contributed by atoms with Gasteiger partial charge in [-0.25, -0.2) is 9.78 Å². The summed E-state index contributed by atoms with van der Waals surface area (Å²) >= 11 is 0. The van der Waals surface area contributed by atoms with Crippen LogP contribution in [0.15, 0.2) is 54.7 Å². The molecule has 0 fully saturated rings. The van der Waals surface area contributed by atoms with Gasteiger partial charge in [-0.05, 0) is 25.0 Å². The second-order valence-corrected chi connectivity index (χ2v) is 5.89. The molecule has 2 aromatic heterocycles. The first-order valence-electron chi connectivity index (χ1n) is 8.36. The Bertz CT molecular complexity index is 845. The van der Waals surface area contributed by atoms with E-state index in [0.717, 1.165) is 23.3 Å². The van der Waals surface area contributed by atoms with E-state index in [0.29, 0.717) is 18.8 Å². The number of imidazole rings is 1. The highest BCUT2D eigenvalue weighted by atomic mass is 16.3. The van der Waals surface area contributed by atoms with E-state index in [1.807, 2.05) is 59.1 Å². The van der Waals surface area contributed by atoms with Crippen LogP contribution in [0.5, 0.6) is 0 Å². The monoisotopic (exact) mass is 338 g/mol. The lowest BCUT2D eigenvalue weighted by molar-refractivity contribution is 0.218. The smallest absolute Gasteiger partial charge is 0.322 e. The Balaban J connectivity index is 1.90. The number of aromatic nitrogens is 2. The SMILES string of the molecule is CN(CCCCO)C(=O)Nc1c(-c2ccccc2)nc2ccccn12. The van der Waals surface area contributed by atoms with Crippen LogP contribution < -0.4 is 5.32 Å². The maximum absolute atomic E-state index is 12.5. The fourth-order valence-electron chi connectivity index (χ4n) is 2.67. The summed E-state index contributed by atoms with van der Waals surface area (Å²) in [7, 11) is 1.75. The fourth-order valence-corrected chi connectivity index (χ4v) is 2.67. The number of rotatable bonds is 6. The Morgan fingerprint density at radius 2 is 1.92 bits per heavy atom. The molecule has 0 aliphatic heterocycles. The van der Waals surface area contributed by atoms with Crippen LogP contribution in [0.3, 0.4) is 0 Å². The number of aliphatic hydroxyl groups excluding tert-OH is 1. The zero-order valence-electron chi connectivity index (χ0n) is 14.2. The van der Waals surface area contributed by atoms with Gasteiger partial charge in [0.1, 0.15) is 17.2 Å². The lowest BCUT2D eigenvalue weighted by Crippen LogP contribution is -2.32. The average molecular weight is 338 g/mol. The van der Waals surface area contributed by atoms with E-state index in [1.165, 1.54) is 0 Å². The van der Waals surface area contributed by atoms with Crippen molar-refractivity contribution in [2.75, 3.05) is 25.5 Å². The first-order chi connectivity index (χ1) is 12.2. The summed E-state index contributed by atoms with van der Waals surface area (Å²) in [5.74, 6) is 0.654. The number of carbonyl (C=O) groups is 1. The minimum atomic E-state index is -0.194. The van der Waals surface area contributed by atoms with Crippen LogP contribution in [0.25, 0.3) is 16.9 Å². The highest BCUT2D eigenvalue weighted by molar-refractivity contribution is 5.93. The maximum Gasteiger partial charge on any atom is 0.322 e. The molecule has 6 nitrogen and oxygen atoms in total. The van der Waals surface area contributed by atoms with Gasteiger partial charge in [-0.15, -0.1) is 0 Å². The first-order valence-corrected chi connectivity index (χ1v) is 8.36. The predicted octanol–water partition coefficient (Wildman–Crippen LogP) is 3.24. The second-order valence-electron chi connectivity index (χ2n) is 5.89. The number of hydrogen-bond donors (Lipinski definition) is 2. The number of aliphatic hydroxyl groups is 1. The molecule has 0 spiro atoms. The molecular formula is C19H22N4O2. The van der Waals surface area contributed by atoms with Crippen LogP contribution in [-0.4, -0.2) is 45.6 Å². The third-order valence-electron chi connectivity index (χ3n) is 4.05. The van der Waals surface area contributed by atoms with Crippen LogP contribution in [-0.2, 0) is 0 Å². The van der Waals surface area contributed by atoms with Crippen LogP contribution in [0.1, 0.15) is 12.8 Å². The van der Waals surface area contributed by atoms with E-state index in [9.17, 15) is 4.79 Å². The first kappa shape index (κ1) is 17.0. The van der Waals surface area contributed by atoms with Gasteiger partial charge in [0.15, 0.2) is 0 Å². The molecule has 1 aromatic carbocycles. The molecule has 6 heteroatoms. The molecule has 130 valence electrons. The van der Waals surface area contributed by atoms with E-state index < -0.39 is 0 Å². The van der Waals surface area contributed by atoms with Crippen molar-refractivity contribution in [1.82, 2.24) is 14.3 Å². The standard InChI is InChI=1S/C19H22N4O2/c1-22(12-7-8-14-24)19(25)21-18-17(15-9-3-2-4-10-15)20-16-11-5-6-13-23(16)18/h2-6,9-11,13,24H,7-8,12,14H2,1H3,(H,21,25). The number of benzene rings is 1. The molecule has 0 saturated heterocycles. The van der Waals surface area contributed by atoms with Crippen molar-refractivity contribution >= 4 is 17.5 Å². The summed E-state index contributed by atoms with van der Waals surface area (Å²) in [5.41, 5.74) is 2.47. The summed E-state index contributed by atoms with van der Waals surface area (Å²) in [4.78, 5) is 18.8. The molecule has 0 aliphatic carbocycles. The van der Waals surface area contributed by atoms with E-state index in [1.54, 1.807) is 11.9 Å². The minimum absolute atomic E-state index is 0.140. The number of urea groups is 1. The largest absolute Gasteiger partial charge is 0.396 e. The molecule has 0 bridgehead atoms. The summed E-state index contributed by atoms with van der Waals surface area (Å²) in [6.45, 7) is 0.727. The highest BCUT2D eigenvalue weighted by Crippen LogP contribution is 2.28. The molecule has 25 heavy (non-hydrogen) atoms. The lowest BCUT2D eigenvalue weighted by atomic mass is 10.1. The van der Waals surface area contributed by atoms with Gasteiger partial charge in [-0.3, -0.25) is 9.72 Å². The summed E-state index contributed by atoms with van der Waals surface area (Å²) in [6.07, 6.45) is 3.33. The lowest BCUT2D eigenvalue weighted by Gasteiger charge is -2.18. The average Bonchev–Trinajstić information content (AvgIpc) is 3.01. The number of unbranched alkanes of at least 4 members (excludes halogenated alkanes) is 1. The molecule has 2 N–H and O–H groups in total. The van der Waals surface area contributed by atoms with E-state index >= 15 is 0 Å². The summed E-state index contributed by atoms with van der Waals surface area (Å²) < 4.78 is 1.88. The number of nitrogens with one attached hydrogen (secondary N) is 1. The predicted molar refractivity (Wildman–Crippen MR) is 98.6 cm³/mol. The zero-order valence-corrected chi connectivity index (χ0v) is 14.2. The number of carbonyl (C=O) groups excluding carboxylic acids is 1. The molecule has 0 radical (unpaired) electrons. The van der Waals surface area contributed by atoms with Crippen molar-refractivity contribution in [2.45, 2.75) is 12.8 Å². The molecule has 0 aliphatic rings. The number of nitrogens with zero attached hydrogens (tertiary/aromatic N) is 3. The topological polar surface area (TPSA) is 69.9 Å². The molecule has 3 aromatic rings. The molecular weight excluding hydrogens is 316 g/mol. The number of amides is 2. The fraction of sp³-hybridized carbons (Fsp3) is 0.263. The third kappa shape index (κ3) is 3.80. The number of pyridine rings is 1. The minimum Gasteiger partial charge on any atom is -0.396 e. The van der Waals surface area contributed by atoms with Crippen LogP contribution >= 0.6 is 0 Å². The van der Waals surface area contributed by atoms with Crippen LogP contribution in [0.4, 0.5) is 10.6 Å². The third-order valence-corrected chi connectivity index (χ3v) is 4.05. The molecule has 2 amide bonds. The second kappa shape index (κ2) is 7.81. The number of hydrogen-bond acceptors (Lipinski definition) is 3. The van der Waals surface area contributed by atoms with Crippen molar-refractivity contribution in [1.29, 1.82) is 0 Å². The Morgan fingerprint density at radius 3 is 2.68 bits per heavy atom. The van der Waals surface area contributed by atoms with Gasteiger partial charge in [0, 0.05) is 32.0 Å². The Morgan fingerprint density at radius 1 is 1.16 bits per heavy atom. The van der Waals surface area contributed by atoms with E-state index in [2.05, 4.69) is 10.3 Å². The quantitative estimate of drug-likeness (QED) is 0.678. The van der Waals surface area contributed by atoms with Gasteiger partial charge < -0.3 is 10.0 Å². The Kier molecular flexibility index (Phi) is 5.30. The molecule has 2 heterocycles. The van der Waals surface area contributed by atoms with Gasteiger partial charge in [0.2, 0.25) is 0 Å². The van der Waals surface area contributed by atoms with E-state index in [4.69, 9.17) is 5.11 Å². The van der Waals surface area contributed by atoms with Gasteiger partial charge in [-0.2, -0.15) is 0 Å². The maximum atomic E-state index is 12.5. The van der Waals surface area contributed by atoms with Gasteiger partial charge in [0.05, 0.1) is 0 Å². The molecule has 0 saturated carbocycles. The Hall–Kier alpha value is -2.86. The van der Waals surface area contributed by atoms with E-state index in [-0.39, 0.29) is 12.6 Å². The summed E-state index contributed by atoms with van der Waals surface area (Å²) in [6, 6.07) is 15.3. The normalized spacial score (nSPS) is 10.8. The zero-order chi connectivity index (χ0) is 17.6. The van der Waals surface area contributed by atoms with Crippen LogP contribution in [0, 0.1) is 0 Å². The molecule has 3 rings (SSSR count). The summed E-state index contributed by atoms with van der Waals surface area (Å²) in [5, 5.41) is 11.9. The van der Waals surface area contributed by atoms with Crippen molar-refractivity contribution in [3.8, 4) is 11.3 Å². The van der Waals surface area contributed by atoms with Crippen molar-refractivity contribution in [3.05, 3.63) is 54.7 Å². The van der Waals surface area contributed by atoms with Gasteiger partial charge in [0.25, 0.3) is 0 Å².